The Hall–Kier alpha value is -0.450. The van der Waals surface area contributed by atoms with Gasteiger partial charge in [0.15, 0.2) is 0 Å². The molecule has 1 saturated carbocycles. The summed E-state index contributed by atoms with van der Waals surface area (Å²) in [5.41, 5.74) is 8.31. The summed E-state index contributed by atoms with van der Waals surface area (Å²) in [6.07, 6.45) is 1.08. The molecule has 4 heteroatoms. The maximum Gasteiger partial charge on any atom is 0.0795 e. The fourth-order valence-corrected chi connectivity index (χ4v) is 2.11. The second-order valence-electron chi connectivity index (χ2n) is 3.09. The third-order valence-corrected chi connectivity index (χ3v) is 2.73. The second kappa shape index (κ2) is 2.27. The summed E-state index contributed by atoms with van der Waals surface area (Å²) in [5, 5.41) is 11.0. The first kappa shape index (κ1) is 7.21. The van der Waals surface area contributed by atoms with Gasteiger partial charge in [-0.15, -0.1) is 11.3 Å². The van der Waals surface area contributed by atoms with E-state index in [9.17, 15) is 0 Å². The number of aromatic nitrogens is 1. The third-order valence-electron chi connectivity index (χ3n) is 2.14. The lowest BCUT2D eigenvalue weighted by molar-refractivity contribution is 0.0191. The fraction of sp³-hybridized carbons (Fsp3) is 0.571. The maximum absolute atomic E-state index is 9.08. The lowest BCUT2D eigenvalue weighted by Crippen LogP contribution is -2.51. The summed E-state index contributed by atoms with van der Waals surface area (Å²) in [6.45, 7) is 0. The first-order chi connectivity index (χ1) is 5.21. The number of nitrogens with zero attached hydrogens (tertiary/aromatic N) is 1. The minimum atomic E-state index is -0.334. The van der Waals surface area contributed by atoms with E-state index < -0.39 is 0 Å². The molecule has 3 nitrogen and oxygen atoms in total. The molecule has 1 aromatic rings. The summed E-state index contributed by atoms with van der Waals surface area (Å²) in [4.78, 5) is 4.13. The molecule has 0 saturated heterocycles. The Kier molecular flexibility index (Phi) is 1.49. The molecule has 3 N–H and O–H groups in total. The zero-order valence-electron chi connectivity index (χ0n) is 6.03. The maximum atomic E-state index is 9.08. The van der Waals surface area contributed by atoms with Crippen LogP contribution in [-0.4, -0.2) is 16.2 Å². The van der Waals surface area contributed by atoms with Crippen LogP contribution in [-0.2, 0) is 5.54 Å². The van der Waals surface area contributed by atoms with Gasteiger partial charge in [-0.2, -0.15) is 0 Å². The zero-order valence-corrected chi connectivity index (χ0v) is 6.84. The molecule has 0 aromatic carbocycles. The van der Waals surface area contributed by atoms with Gasteiger partial charge in [0.05, 0.1) is 22.8 Å². The normalized spacial score (nSPS) is 36.7. The highest BCUT2D eigenvalue weighted by Gasteiger charge is 2.42. The van der Waals surface area contributed by atoms with E-state index in [2.05, 4.69) is 4.98 Å². The first-order valence-electron chi connectivity index (χ1n) is 3.56. The van der Waals surface area contributed by atoms with Crippen LogP contribution < -0.4 is 5.73 Å². The van der Waals surface area contributed by atoms with Crippen molar-refractivity contribution in [3.8, 4) is 0 Å². The average Bonchev–Trinajstić information content (AvgIpc) is 2.34. The number of rotatable bonds is 1. The van der Waals surface area contributed by atoms with Crippen LogP contribution in [0.5, 0.6) is 0 Å². The summed E-state index contributed by atoms with van der Waals surface area (Å²) >= 11 is 1.54. The highest BCUT2D eigenvalue weighted by atomic mass is 32.1. The number of aliphatic hydroxyl groups is 1. The Labute approximate surface area is 68.9 Å². The van der Waals surface area contributed by atoms with Crippen molar-refractivity contribution in [1.29, 1.82) is 0 Å². The molecule has 0 spiro atoms. The Morgan fingerprint density at radius 1 is 1.73 bits per heavy atom. The van der Waals surface area contributed by atoms with Crippen molar-refractivity contribution in [3.63, 3.8) is 0 Å². The first-order valence-corrected chi connectivity index (χ1v) is 4.51. The van der Waals surface area contributed by atoms with Gasteiger partial charge in [-0.1, -0.05) is 0 Å². The predicted octanol–water partition coefficient (Wildman–Crippen LogP) is 0.452. The molecule has 0 radical (unpaired) electrons. The molecule has 1 fully saturated rings. The molecule has 60 valence electrons. The van der Waals surface area contributed by atoms with E-state index in [0.717, 1.165) is 5.69 Å². The molecule has 1 aromatic heterocycles. The van der Waals surface area contributed by atoms with Crippen molar-refractivity contribution in [2.45, 2.75) is 24.5 Å². The number of hydrogen-bond donors (Lipinski definition) is 2. The van der Waals surface area contributed by atoms with Crippen LogP contribution in [0.1, 0.15) is 18.5 Å². The van der Waals surface area contributed by atoms with E-state index in [0.29, 0.717) is 12.8 Å². The van der Waals surface area contributed by atoms with Gasteiger partial charge in [-0.25, -0.2) is 4.98 Å². The molecule has 0 bridgehead atoms. The topological polar surface area (TPSA) is 59.1 Å². The Morgan fingerprint density at radius 2 is 2.45 bits per heavy atom. The Morgan fingerprint density at radius 3 is 2.91 bits per heavy atom. The van der Waals surface area contributed by atoms with Crippen LogP contribution >= 0.6 is 11.3 Å². The quantitative estimate of drug-likeness (QED) is 0.643. The van der Waals surface area contributed by atoms with Crippen molar-refractivity contribution >= 4 is 11.3 Å². The van der Waals surface area contributed by atoms with Gasteiger partial charge in [0.25, 0.3) is 0 Å². The van der Waals surface area contributed by atoms with Gasteiger partial charge < -0.3 is 10.8 Å². The van der Waals surface area contributed by atoms with Crippen LogP contribution in [0, 0.1) is 0 Å². The highest BCUT2D eigenvalue weighted by Crippen LogP contribution is 2.38. The SMILES string of the molecule is NC1(c2cscn2)CC(O)C1. The number of aliphatic hydroxyl groups excluding tert-OH is 1. The summed E-state index contributed by atoms with van der Waals surface area (Å²) in [5.74, 6) is 0. The van der Waals surface area contributed by atoms with E-state index in [1.165, 1.54) is 0 Å². The molecule has 0 amide bonds. The summed E-state index contributed by atoms with van der Waals surface area (Å²) in [6, 6.07) is 0. The Balaban J connectivity index is 2.18. The van der Waals surface area contributed by atoms with Gasteiger partial charge in [-0.3, -0.25) is 0 Å². The molecule has 1 aliphatic rings. The number of nitrogens with two attached hydrogens (primary N) is 1. The molecule has 1 heterocycles. The van der Waals surface area contributed by atoms with Gasteiger partial charge >= 0.3 is 0 Å². The van der Waals surface area contributed by atoms with E-state index >= 15 is 0 Å². The van der Waals surface area contributed by atoms with Crippen LogP contribution in [0.15, 0.2) is 10.9 Å². The zero-order chi connectivity index (χ0) is 7.90. The van der Waals surface area contributed by atoms with Gasteiger partial charge in [0.1, 0.15) is 0 Å². The van der Waals surface area contributed by atoms with Crippen LogP contribution in [0.4, 0.5) is 0 Å². The van der Waals surface area contributed by atoms with Gasteiger partial charge in [0, 0.05) is 5.38 Å². The molecular weight excluding hydrogens is 160 g/mol. The molecule has 0 unspecified atom stereocenters. The highest BCUT2D eigenvalue weighted by molar-refractivity contribution is 7.07. The average molecular weight is 170 g/mol. The van der Waals surface area contributed by atoms with E-state index in [1.54, 1.807) is 16.8 Å². The molecule has 1 aliphatic carbocycles. The second-order valence-corrected chi connectivity index (χ2v) is 3.81. The predicted molar refractivity (Wildman–Crippen MR) is 43.2 cm³/mol. The molecule has 0 aliphatic heterocycles. The summed E-state index contributed by atoms with van der Waals surface area (Å²) in [7, 11) is 0. The molecule has 0 atom stereocenters. The van der Waals surface area contributed by atoms with Crippen molar-refractivity contribution < 1.29 is 5.11 Å². The van der Waals surface area contributed by atoms with Crippen LogP contribution in [0.2, 0.25) is 0 Å². The fourth-order valence-electron chi connectivity index (χ4n) is 1.45. The van der Waals surface area contributed by atoms with Crippen LogP contribution in [0.3, 0.4) is 0 Å². The molecule has 11 heavy (non-hydrogen) atoms. The monoisotopic (exact) mass is 170 g/mol. The van der Waals surface area contributed by atoms with E-state index in [1.807, 2.05) is 5.38 Å². The third kappa shape index (κ3) is 1.07. The lowest BCUT2D eigenvalue weighted by atomic mass is 9.73. The van der Waals surface area contributed by atoms with Crippen LogP contribution in [0.25, 0.3) is 0 Å². The lowest BCUT2D eigenvalue weighted by Gasteiger charge is -2.40. The van der Waals surface area contributed by atoms with Crippen molar-refractivity contribution in [1.82, 2.24) is 4.98 Å². The van der Waals surface area contributed by atoms with Crippen molar-refractivity contribution in [2.24, 2.45) is 5.73 Å². The smallest absolute Gasteiger partial charge is 0.0795 e. The van der Waals surface area contributed by atoms with Crippen molar-refractivity contribution in [3.05, 3.63) is 16.6 Å². The molecule has 2 rings (SSSR count). The van der Waals surface area contributed by atoms with Gasteiger partial charge in [-0.05, 0) is 12.8 Å². The van der Waals surface area contributed by atoms with Gasteiger partial charge in [0.2, 0.25) is 0 Å². The van der Waals surface area contributed by atoms with Crippen molar-refractivity contribution in [2.75, 3.05) is 0 Å². The minimum Gasteiger partial charge on any atom is -0.393 e. The Bertz CT molecular complexity index is 241. The minimum absolute atomic E-state index is 0.221. The number of hydrogen-bond acceptors (Lipinski definition) is 4. The van der Waals surface area contributed by atoms with E-state index in [4.69, 9.17) is 10.8 Å². The summed E-state index contributed by atoms with van der Waals surface area (Å²) < 4.78 is 0. The standard InChI is InChI=1S/C7H10N2OS/c8-7(1-5(10)2-7)6-3-11-4-9-6/h3-5,10H,1-2,8H2. The largest absolute Gasteiger partial charge is 0.393 e. The number of thiazole rings is 1. The molecular formula is C7H10N2OS. The van der Waals surface area contributed by atoms with E-state index in [-0.39, 0.29) is 11.6 Å².